The van der Waals surface area contributed by atoms with Crippen molar-refractivity contribution < 1.29 is 23.8 Å². The van der Waals surface area contributed by atoms with E-state index in [2.05, 4.69) is 9.89 Å². The van der Waals surface area contributed by atoms with Crippen LogP contribution in [0.4, 0.5) is 11.4 Å². The maximum atomic E-state index is 12.4. The summed E-state index contributed by atoms with van der Waals surface area (Å²) in [5.41, 5.74) is 2.06. The zero-order valence-corrected chi connectivity index (χ0v) is 15.2. The maximum absolute atomic E-state index is 12.4. The summed E-state index contributed by atoms with van der Waals surface area (Å²) in [6, 6.07) is 5.85. The van der Waals surface area contributed by atoms with E-state index in [4.69, 9.17) is 14.2 Å². The van der Waals surface area contributed by atoms with Crippen LogP contribution in [0.2, 0.25) is 0 Å². The number of fused-ring (bicyclic) bond motifs is 3. The summed E-state index contributed by atoms with van der Waals surface area (Å²) >= 11 is 1.63. The first-order valence-corrected chi connectivity index (χ1v) is 8.84. The fourth-order valence-electron chi connectivity index (χ4n) is 3.15. The Bertz CT molecular complexity index is 851. The molecule has 3 aliphatic heterocycles. The molecule has 0 atom stereocenters. The molecule has 26 heavy (non-hydrogen) atoms. The molecule has 1 aromatic carbocycles. The first-order valence-electron chi connectivity index (χ1n) is 8.03. The van der Waals surface area contributed by atoms with Crippen LogP contribution < -0.4 is 9.80 Å². The van der Waals surface area contributed by atoms with Gasteiger partial charge in [0.15, 0.2) is 5.17 Å². The quantitative estimate of drug-likeness (QED) is 0.733. The fourth-order valence-corrected chi connectivity index (χ4v) is 4.22. The molecule has 3 aliphatic rings. The number of methoxy groups -OCH3 is 2. The summed E-state index contributed by atoms with van der Waals surface area (Å²) in [6.45, 7) is 1.75. The Morgan fingerprint density at radius 3 is 2.77 bits per heavy atom. The number of carbonyl (C=O) groups is 2. The monoisotopic (exact) mass is 375 g/mol. The van der Waals surface area contributed by atoms with Crippen LogP contribution >= 0.6 is 11.8 Å². The van der Waals surface area contributed by atoms with Gasteiger partial charge in [0, 0.05) is 17.1 Å². The standard InChI is InChI=1S/C17H17N3O5S/c1-23-15(21)11-8-25-9-20(14(11)16(22)24-2)10-3-4-13-12(7-10)19-6-5-18-17(19)26-13/h3-4,7H,5-6,8-9H2,1-2H3. The van der Waals surface area contributed by atoms with Crippen LogP contribution in [0.5, 0.6) is 0 Å². The van der Waals surface area contributed by atoms with Crippen LogP contribution in [-0.4, -0.2) is 57.8 Å². The molecule has 0 bridgehead atoms. The molecule has 8 nitrogen and oxygen atoms in total. The molecule has 0 saturated carbocycles. The summed E-state index contributed by atoms with van der Waals surface area (Å²) in [5, 5.41) is 0.992. The lowest BCUT2D eigenvalue weighted by molar-refractivity contribution is -0.140. The minimum absolute atomic E-state index is 0.00265. The summed E-state index contributed by atoms with van der Waals surface area (Å²) in [4.78, 5) is 33.8. The van der Waals surface area contributed by atoms with E-state index in [1.165, 1.54) is 14.2 Å². The van der Waals surface area contributed by atoms with Gasteiger partial charge in [0.1, 0.15) is 12.4 Å². The molecular weight excluding hydrogens is 358 g/mol. The lowest BCUT2D eigenvalue weighted by atomic mass is 10.1. The minimum Gasteiger partial charge on any atom is -0.466 e. The zero-order chi connectivity index (χ0) is 18.3. The van der Waals surface area contributed by atoms with E-state index in [0.29, 0.717) is 0 Å². The third-order valence-corrected chi connectivity index (χ3v) is 5.48. The van der Waals surface area contributed by atoms with Gasteiger partial charge in [-0.3, -0.25) is 4.99 Å². The summed E-state index contributed by atoms with van der Waals surface area (Å²) in [6.07, 6.45) is 0. The number of esters is 2. The maximum Gasteiger partial charge on any atom is 0.355 e. The molecule has 0 saturated heterocycles. The average Bonchev–Trinajstić information content (AvgIpc) is 3.27. The summed E-state index contributed by atoms with van der Waals surface area (Å²) < 4.78 is 15.2. The minimum atomic E-state index is -0.610. The van der Waals surface area contributed by atoms with Gasteiger partial charge >= 0.3 is 11.9 Å². The highest BCUT2D eigenvalue weighted by Crippen LogP contribution is 2.44. The van der Waals surface area contributed by atoms with E-state index in [1.807, 2.05) is 18.2 Å². The van der Waals surface area contributed by atoms with Gasteiger partial charge < -0.3 is 24.0 Å². The van der Waals surface area contributed by atoms with E-state index in [0.717, 1.165) is 34.5 Å². The van der Waals surface area contributed by atoms with Gasteiger partial charge in [0.05, 0.1) is 38.6 Å². The topological polar surface area (TPSA) is 80.7 Å². The van der Waals surface area contributed by atoms with Gasteiger partial charge in [-0.15, -0.1) is 0 Å². The van der Waals surface area contributed by atoms with E-state index < -0.39 is 11.9 Å². The molecule has 0 N–H and O–H groups in total. The van der Waals surface area contributed by atoms with E-state index in [9.17, 15) is 9.59 Å². The largest absolute Gasteiger partial charge is 0.466 e. The van der Waals surface area contributed by atoms with Crippen LogP contribution in [0.15, 0.2) is 39.4 Å². The second-order valence-electron chi connectivity index (χ2n) is 5.79. The van der Waals surface area contributed by atoms with E-state index >= 15 is 0 Å². The van der Waals surface area contributed by atoms with Crippen LogP contribution in [0, 0.1) is 0 Å². The number of hydrogen-bond donors (Lipinski definition) is 0. The van der Waals surface area contributed by atoms with Crippen molar-refractivity contribution in [3.8, 4) is 0 Å². The van der Waals surface area contributed by atoms with Gasteiger partial charge in [-0.25, -0.2) is 9.59 Å². The molecule has 136 valence electrons. The molecule has 3 heterocycles. The molecule has 0 fully saturated rings. The van der Waals surface area contributed by atoms with Gasteiger partial charge in [-0.1, -0.05) is 0 Å². The number of hydrogen-bond acceptors (Lipinski definition) is 9. The first kappa shape index (κ1) is 16.9. The van der Waals surface area contributed by atoms with Crippen molar-refractivity contribution in [3.63, 3.8) is 0 Å². The molecule has 1 aromatic rings. The molecule has 0 spiro atoms. The normalized spacial score (nSPS) is 18.5. The van der Waals surface area contributed by atoms with Crippen LogP contribution in [-0.2, 0) is 23.8 Å². The number of carbonyl (C=O) groups excluding carboxylic acids is 2. The van der Waals surface area contributed by atoms with Crippen molar-refractivity contribution in [2.75, 3.05) is 50.4 Å². The Morgan fingerprint density at radius 1 is 1.19 bits per heavy atom. The van der Waals surface area contributed by atoms with Crippen LogP contribution in [0.25, 0.3) is 0 Å². The van der Waals surface area contributed by atoms with Gasteiger partial charge in [0.25, 0.3) is 0 Å². The van der Waals surface area contributed by atoms with Crippen molar-refractivity contribution in [2.45, 2.75) is 4.90 Å². The Balaban J connectivity index is 1.77. The molecule has 9 heteroatoms. The number of rotatable bonds is 3. The Kier molecular flexibility index (Phi) is 4.33. The number of aliphatic imine (C=N–C) groups is 1. The van der Waals surface area contributed by atoms with Gasteiger partial charge in [-0.2, -0.15) is 0 Å². The smallest absolute Gasteiger partial charge is 0.355 e. The second-order valence-corrected chi connectivity index (χ2v) is 6.80. The highest BCUT2D eigenvalue weighted by atomic mass is 32.2. The number of ether oxygens (including phenoxy) is 3. The van der Waals surface area contributed by atoms with Crippen molar-refractivity contribution >= 4 is 40.2 Å². The number of benzene rings is 1. The lowest BCUT2D eigenvalue weighted by Gasteiger charge is -2.31. The zero-order valence-electron chi connectivity index (χ0n) is 14.4. The predicted octanol–water partition coefficient (Wildman–Crippen LogP) is 1.36. The Morgan fingerprint density at radius 2 is 2.00 bits per heavy atom. The number of anilines is 2. The number of thioether (sulfide) groups is 1. The third-order valence-electron chi connectivity index (χ3n) is 4.38. The molecule has 0 aliphatic carbocycles. The Labute approximate surface area is 154 Å². The van der Waals surface area contributed by atoms with E-state index in [-0.39, 0.29) is 24.6 Å². The Hall–Kier alpha value is -2.52. The summed E-state index contributed by atoms with van der Waals surface area (Å²) in [7, 11) is 2.55. The number of nitrogens with zero attached hydrogens (tertiary/aromatic N) is 3. The molecule has 0 aromatic heterocycles. The van der Waals surface area contributed by atoms with Crippen molar-refractivity contribution in [1.29, 1.82) is 0 Å². The molecule has 0 radical (unpaired) electrons. The lowest BCUT2D eigenvalue weighted by Crippen LogP contribution is -2.38. The van der Waals surface area contributed by atoms with Crippen molar-refractivity contribution in [2.24, 2.45) is 4.99 Å². The van der Waals surface area contributed by atoms with Crippen molar-refractivity contribution in [3.05, 3.63) is 29.5 Å². The van der Waals surface area contributed by atoms with Gasteiger partial charge in [0.2, 0.25) is 0 Å². The van der Waals surface area contributed by atoms with Crippen LogP contribution in [0.1, 0.15) is 0 Å². The highest BCUT2D eigenvalue weighted by molar-refractivity contribution is 8.14. The van der Waals surface area contributed by atoms with Crippen molar-refractivity contribution in [1.82, 2.24) is 0 Å². The highest BCUT2D eigenvalue weighted by Gasteiger charge is 2.34. The second kappa shape index (κ2) is 6.65. The fraction of sp³-hybridized carbons (Fsp3) is 0.353. The molecule has 0 amide bonds. The summed E-state index contributed by atoms with van der Waals surface area (Å²) in [5.74, 6) is -1.22. The third kappa shape index (κ3) is 2.63. The van der Waals surface area contributed by atoms with Crippen LogP contribution in [0.3, 0.4) is 0 Å². The average molecular weight is 375 g/mol. The van der Waals surface area contributed by atoms with E-state index in [1.54, 1.807) is 16.7 Å². The molecular formula is C17H17N3O5S. The predicted molar refractivity (Wildman–Crippen MR) is 96.3 cm³/mol. The number of amidine groups is 1. The first-order chi connectivity index (χ1) is 12.6. The molecule has 0 unspecified atom stereocenters. The SMILES string of the molecule is COC(=O)C1=C(C(=O)OC)N(c2ccc3c(c2)N2CCN=C2S3)COC1. The van der Waals surface area contributed by atoms with Gasteiger partial charge in [-0.05, 0) is 30.0 Å². The molecule has 4 rings (SSSR count).